The molecule has 1 aliphatic rings. The molecular weight excluding hydrogens is 440 g/mol. The Balaban J connectivity index is 1.43. The number of urea groups is 1. The number of hydrogen-bond donors (Lipinski definition) is 2. The lowest BCUT2D eigenvalue weighted by Crippen LogP contribution is -2.41. The first-order valence-electron chi connectivity index (χ1n) is 11.5. The van der Waals surface area contributed by atoms with Crippen LogP contribution in [-0.4, -0.2) is 73.0 Å². The van der Waals surface area contributed by atoms with Gasteiger partial charge in [0, 0.05) is 40.5 Å². The first kappa shape index (κ1) is 25.0. The fraction of sp³-hybridized carbons (Fsp3) is 0.636. The van der Waals surface area contributed by atoms with Crippen LogP contribution >= 0.6 is 0 Å². The first-order valence-corrected chi connectivity index (χ1v) is 15.2. The van der Waals surface area contributed by atoms with Gasteiger partial charge in [-0.3, -0.25) is 5.32 Å². The highest BCUT2D eigenvalue weighted by atomic mass is 28.3. The second-order valence-electron chi connectivity index (χ2n) is 9.69. The van der Waals surface area contributed by atoms with Crippen LogP contribution in [0.5, 0.6) is 0 Å². The Kier molecular flexibility index (Phi) is 8.67. The number of methoxy groups -OCH3 is 1. The van der Waals surface area contributed by atoms with E-state index in [0.29, 0.717) is 37.1 Å². The largest absolute Gasteiger partial charge is 0.453 e. The Bertz CT molecular complexity index is 945. The number of rotatable bonds is 9. The predicted molar refractivity (Wildman–Crippen MR) is 130 cm³/mol. The summed E-state index contributed by atoms with van der Waals surface area (Å²) in [7, 11) is 0.285. The highest BCUT2D eigenvalue weighted by molar-refractivity contribution is 6.76. The van der Waals surface area contributed by atoms with E-state index in [1.807, 2.05) is 16.8 Å². The SMILES string of the molecule is COC(=O)N1CCCC(CCNC(=O)Nc2cnc3c(ccn3COCC[Si](C)(C)C)n2)C1. The zero-order valence-corrected chi connectivity index (χ0v) is 21.1. The standard InChI is InChI=1S/C22H36N6O4Si/c1-31-22(30)27-10-5-6-17(15-27)7-9-23-21(29)26-19-14-24-20-18(25-19)8-11-28(20)16-32-12-13-33(2,3)4/h8,11,14,17H,5-7,9-10,12-13,15-16H2,1-4H3,(H2,23,25,26,29). The van der Waals surface area contributed by atoms with E-state index >= 15 is 0 Å². The summed E-state index contributed by atoms with van der Waals surface area (Å²) in [5.41, 5.74) is 1.42. The Morgan fingerprint density at radius 1 is 1.30 bits per heavy atom. The van der Waals surface area contributed by atoms with Crippen LogP contribution in [0.4, 0.5) is 15.4 Å². The molecule has 1 saturated heterocycles. The van der Waals surface area contributed by atoms with Crippen molar-refractivity contribution in [3.05, 3.63) is 18.5 Å². The maximum absolute atomic E-state index is 12.3. The number of nitrogens with one attached hydrogen (secondary N) is 2. The highest BCUT2D eigenvalue weighted by Gasteiger charge is 2.24. The number of carbonyl (C=O) groups excluding carboxylic acids is 2. The van der Waals surface area contributed by atoms with E-state index in [4.69, 9.17) is 9.47 Å². The van der Waals surface area contributed by atoms with Gasteiger partial charge in [-0.25, -0.2) is 19.6 Å². The van der Waals surface area contributed by atoms with Crippen LogP contribution in [0.25, 0.3) is 11.2 Å². The van der Waals surface area contributed by atoms with Crippen molar-refractivity contribution in [1.82, 2.24) is 24.8 Å². The quantitative estimate of drug-likeness (QED) is 0.421. The van der Waals surface area contributed by atoms with Crippen molar-refractivity contribution in [1.29, 1.82) is 0 Å². The number of likely N-dealkylation sites (tertiary alicyclic amines) is 1. The molecule has 3 amide bonds. The monoisotopic (exact) mass is 476 g/mol. The maximum atomic E-state index is 12.3. The summed E-state index contributed by atoms with van der Waals surface area (Å²) in [6, 6.07) is 2.66. The topological polar surface area (TPSA) is 111 Å². The second-order valence-corrected chi connectivity index (χ2v) is 15.3. The minimum absolute atomic E-state index is 0.286. The van der Waals surface area contributed by atoms with Crippen molar-refractivity contribution in [3.63, 3.8) is 0 Å². The molecule has 1 unspecified atom stereocenters. The molecule has 0 aromatic carbocycles. The number of hydrogen-bond acceptors (Lipinski definition) is 6. The van der Waals surface area contributed by atoms with E-state index < -0.39 is 8.07 Å². The maximum Gasteiger partial charge on any atom is 0.409 e. The number of carbonyl (C=O) groups is 2. The first-order chi connectivity index (χ1) is 15.7. The Labute approximate surface area is 196 Å². The summed E-state index contributed by atoms with van der Waals surface area (Å²) in [6.45, 7) is 10.1. The van der Waals surface area contributed by atoms with Crippen molar-refractivity contribution in [2.45, 2.75) is 51.7 Å². The van der Waals surface area contributed by atoms with Gasteiger partial charge >= 0.3 is 12.1 Å². The van der Waals surface area contributed by atoms with Gasteiger partial charge in [-0.1, -0.05) is 19.6 Å². The Morgan fingerprint density at radius 2 is 2.12 bits per heavy atom. The van der Waals surface area contributed by atoms with Gasteiger partial charge in [-0.05, 0) is 37.3 Å². The number of fused-ring (bicyclic) bond motifs is 1. The number of ether oxygens (including phenoxy) is 2. The van der Waals surface area contributed by atoms with E-state index in [0.717, 1.165) is 44.1 Å². The predicted octanol–water partition coefficient (Wildman–Crippen LogP) is 3.73. The van der Waals surface area contributed by atoms with Gasteiger partial charge in [0.1, 0.15) is 12.2 Å². The molecule has 3 rings (SSSR count). The highest BCUT2D eigenvalue weighted by Crippen LogP contribution is 2.20. The molecule has 0 spiro atoms. The molecule has 11 heteroatoms. The summed E-state index contributed by atoms with van der Waals surface area (Å²) >= 11 is 0. The molecule has 2 N–H and O–H groups in total. The lowest BCUT2D eigenvalue weighted by molar-refractivity contribution is 0.0899. The molecule has 2 aromatic rings. The average Bonchev–Trinajstić information content (AvgIpc) is 3.18. The minimum Gasteiger partial charge on any atom is -0.453 e. The molecule has 0 saturated carbocycles. The molecule has 0 bridgehead atoms. The van der Waals surface area contributed by atoms with Gasteiger partial charge in [-0.2, -0.15) is 0 Å². The fourth-order valence-corrected chi connectivity index (χ4v) is 4.57. The van der Waals surface area contributed by atoms with Crippen molar-refractivity contribution >= 4 is 37.2 Å². The van der Waals surface area contributed by atoms with Crippen molar-refractivity contribution in [3.8, 4) is 0 Å². The number of piperidine rings is 1. The van der Waals surface area contributed by atoms with Gasteiger partial charge in [0.15, 0.2) is 11.5 Å². The Morgan fingerprint density at radius 3 is 2.88 bits per heavy atom. The van der Waals surface area contributed by atoms with E-state index in [-0.39, 0.29) is 12.1 Å². The number of nitrogens with zero attached hydrogens (tertiary/aromatic N) is 4. The number of amides is 3. The third kappa shape index (κ3) is 7.71. The number of anilines is 1. The molecule has 0 radical (unpaired) electrons. The van der Waals surface area contributed by atoms with Crippen LogP contribution in [0.3, 0.4) is 0 Å². The molecule has 1 aliphatic heterocycles. The molecule has 0 aliphatic carbocycles. The van der Waals surface area contributed by atoms with Crippen molar-refractivity contribution < 1.29 is 19.1 Å². The van der Waals surface area contributed by atoms with Gasteiger partial charge in [0.25, 0.3) is 0 Å². The van der Waals surface area contributed by atoms with Crippen LogP contribution < -0.4 is 10.6 Å². The average molecular weight is 477 g/mol. The third-order valence-electron chi connectivity index (χ3n) is 5.72. The van der Waals surface area contributed by atoms with E-state index in [9.17, 15) is 9.59 Å². The number of aromatic nitrogens is 3. The molecule has 182 valence electrons. The third-order valence-corrected chi connectivity index (χ3v) is 7.43. The Hall–Kier alpha value is -2.66. The lowest BCUT2D eigenvalue weighted by Gasteiger charge is -2.31. The summed E-state index contributed by atoms with van der Waals surface area (Å²) in [6.07, 6.45) is 5.95. The molecule has 1 atom stereocenters. The van der Waals surface area contributed by atoms with E-state index in [2.05, 4.69) is 40.2 Å². The summed E-state index contributed by atoms with van der Waals surface area (Å²) in [5.74, 6) is 0.744. The molecule has 3 heterocycles. The van der Waals surface area contributed by atoms with E-state index in [1.54, 1.807) is 11.1 Å². The van der Waals surface area contributed by atoms with Gasteiger partial charge in [-0.15, -0.1) is 0 Å². The summed E-state index contributed by atoms with van der Waals surface area (Å²) < 4.78 is 12.5. The lowest BCUT2D eigenvalue weighted by atomic mass is 9.95. The van der Waals surface area contributed by atoms with E-state index in [1.165, 1.54) is 7.11 Å². The molecular formula is C22H36N6O4Si. The van der Waals surface area contributed by atoms with Gasteiger partial charge < -0.3 is 24.3 Å². The van der Waals surface area contributed by atoms with Crippen LogP contribution in [0.2, 0.25) is 25.7 Å². The summed E-state index contributed by atoms with van der Waals surface area (Å²) in [4.78, 5) is 34.6. The van der Waals surface area contributed by atoms with Gasteiger partial charge in [0.2, 0.25) is 0 Å². The zero-order chi connectivity index (χ0) is 23.8. The zero-order valence-electron chi connectivity index (χ0n) is 20.1. The minimum atomic E-state index is -1.11. The smallest absolute Gasteiger partial charge is 0.409 e. The molecule has 10 nitrogen and oxygen atoms in total. The fourth-order valence-electron chi connectivity index (χ4n) is 3.81. The van der Waals surface area contributed by atoms with Crippen LogP contribution in [0.15, 0.2) is 18.5 Å². The van der Waals surface area contributed by atoms with Gasteiger partial charge in [0.05, 0.1) is 13.3 Å². The van der Waals surface area contributed by atoms with Crippen molar-refractivity contribution in [2.75, 3.05) is 38.7 Å². The normalized spacial score (nSPS) is 16.6. The molecule has 33 heavy (non-hydrogen) atoms. The molecule has 1 fully saturated rings. The second kappa shape index (κ2) is 11.5. The summed E-state index contributed by atoms with van der Waals surface area (Å²) in [5, 5.41) is 5.60. The van der Waals surface area contributed by atoms with Crippen LogP contribution in [0.1, 0.15) is 19.3 Å². The van der Waals surface area contributed by atoms with Crippen molar-refractivity contribution in [2.24, 2.45) is 5.92 Å². The van der Waals surface area contributed by atoms with Crippen LogP contribution in [-0.2, 0) is 16.2 Å². The molecule has 2 aromatic heterocycles. The van der Waals surface area contributed by atoms with Crippen LogP contribution in [0, 0.1) is 5.92 Å².